The number of piperidine rings is 1. The molecular weight excluding hydrogens is 346 g/mol. The summed E-state index contributed by atoms with van der Waals surface area (Å²) in [6.07, 6.45) is 1.72. The smallest absolute Gasteiger partial charge is 0.261 e. The fourth-order valence-electron chi connectivity index (χ4n) is 3.21. The summed E-state index contributed by atoms with van der Waals surface area (Å²) in [6.45, 7) is 5.54. The largest absolute Gasteiger partial charge is 0.349 e. The zero-order valence-electron chi connectivity index (χ0n) is 15.2. The normalized spacial score (nSPS) is 16.8. The number of hydrogen-bond donors (Lipinski definition) is 2. The number of rotatable bonds is 5. The van der Waals surface area contributed by atoms with Gasteiger partial charge in [-0.3, -0.25) is 14.5 Å². The van der Waals surface area contributed by atoms with Crippen LogP contribution in [0.4, 0.5) is 5.69 Å². The Labute approximate surface area is 158 Å². The lowest BCUT2D eigenvalue weighted by Crippen LogP contribution is -2.50. The number of likely N-dealkylation sites (tertiary alicyclic amines) is 1. The second kappa shape index (κ2) is 8.47. The van der Waals surface area contributed by atoms with Gasteiger partial charge >= 0.3 is 0 Å². The maximum Gasteiger partial charge on any atom is 0.261 e. The molecule has 0 saturated carbocycles. The maximum atomic E-state index is 12.6. The number of carbonyl (C=O) groups excluding carboxylic acids is 2. The van der Waals surface area contributed by atoms with Crippen molar-refractivity contribution in [2.24, 2.45) is 0 Å². The van der Waals surface area contributed by atoms with Crippen molar-refractivity contribution in [2.45, 2.75) is 38.8 Å². The van der Waals surface area contributed by atoms with Crippen LogP contribution < -0.4 is 10.6 Å². The molecule has 0 spiro atoms. The predicted molar refractivity (Wildman–Crippen MR) is 106 cm³/mol. The molecule has 1 fully saturated rings. The molecule has 6 heteroatoms. The van der Waals surface area contributed by atoms with Crippen molar-refractivity contribution in [3.63, 3.8) is 0 Å². The van der Waals surface area contributed by atoms with E-state index in [0.29, 0.717) is 0 Å². The first-order chi connectivity index (χ1) is 12.5. The van der Waals surface area contributed by atoms with Crippen LogP contribution >= 0.6 is 11.3 Å². The first kappa shape index (κ1) is 18.6. The number of nitrogens with one attached hydrogen (secondary N) is 2. The topological polar surface area (TPSA) is 61.4 Å². The number of para-hydroxylation sites is 1. The molecule has 2 heterocycles. The van der Waals surface area contributed by atoms with Gasteiger partial charge in [-0.15, -0.1) is 11.3 Å². The van der Waals surface area contributed by atoms with Crippen molar-refractivity contribution in [3.8, 4) is 0 Å². The minimum atomic E-state index is -0.191. The lowest BCUT2D eigenvalue weighted by Gasteiger charge is -2.35. The van der Waals surface area contributed by atoms with Gasteiger partial charge in [-0.1, -0.05) is 24.3 Å². The highest BCUT2D eigenvalue weighted by Gasteiger charge is 2.27. The van der Waals surface area contributed by atoms with Gasteiger partial charge in [-0.05, 0) is 49.8 Å². The molecular formula is C20H25N3O2S. The molecule has 2 N–H and O–H groups in total. The SMILES string of the molecule is Cc1ccccc1NC(=O)[C@@H](C)N1CCC(NC(=O)c2cccs2)CC1. The van der Waals surface area contributed by atoms with Crippen molar-refractivity contribution in [2.75, 3.05) is 18.4 Å². The molecule has 2 aromatic rings. The van der Waals surface area contributed by atoms with E-state index in [-0.39, 0.29) is 23.9 Å². The number of carbonyl (C=O) groups is 2. The fraction of sp³-hybridized carbons (Fsp3) is 0.400. The Morgan fingerprint density at radius 3 is 2.54 bits per heavy atom. The third-order valence-corrected chi connectivity index (χ3v) is 5.81. The number of aryl methyl sites for hydroxylation is 1. The third kappa shape index (κ3) is 4.51. The summed E-state index contributed by atoms with van der Waals surface area (Å²) in [5, 5.41) is 8.03. The number of benzene rings is 1. The van der Waals surface area contributed by atoms with Gasteiger partial charge in [0.1, 0.15) is 0 Å². The van der Waals surface area contributed by atoms with Crippen LogP contribution in [0, 0.1) is 6.92 Å². The molecule has 0 bridgehead atoms. The zero-order chi connectivity index (χ0) is 18.5. The first-order valence-corrected chi connectivity index (χ1v) is 9.87. The van der Waals surface area contributed by atoms with Gasteiger partial charge in [0, 0.05) is 24.8 Å². The molecule has 1 saturated heterocycles. The number of thiophene rings is 1. The fourth-order valence-corrected chi connectivity index (χ4v) is 3.84. The van der Waals surface area contributed by atoms with Crippen LogP contribution in [0.5, 0.6) is 0 Å². The molecule has 0 unspecified atom stereocenters. The van der Waals surface area contributed by atoms with Crippen LogP contribution in [0.1, 0.15) is 35.0 Å². The number of hydrogen-bond acceptors (Lipinski definition) is 4. The molecule has 5 nitrogen and oxygen atoms in total. The first-order valence-electron chi connectivity index (χ1n) is 8.99. The molecule has 1 aromatic carbocycles. The van der Waals surface area contributed by atoms with Crippen molar-refractivity contribution in [3.05, 3.63) is 52.2 Å². The molecule has 0 radical (unpaired) electrons. The van der Waals surface area contributed by atoms with Crippen LogP contribution in [0.25, 0.3) is 0 Å². The number of anilines is 1. The van der Waals surface area contributed by atoms with Gasteiger partial charge in [-0.25, -0.2) is 0 Å². The molecule has 1 aromatic heterocycles. The van der Waals surface area contributed by atoms with E-state index >= 15 is 0 Å². The summed E-state index contributed by atoms with van der Waals surface area (Å²) in [7, 11) is 0. The Bertz CT molecular complexity index is 752. The van der Waals surface area contributed by atoms with E-state index in [1.54, 1.807) is 0 Å². The molecule has 2 amide bonds. The average Bonchev–Trinajstić information content (AvgIpc) is 3.18. The predicted octanol–water partition coefficient (Wildman–Crippen LogP) is 3.28. The average molecular weight is 372 g/mol. The summed E-state index contributed by atoms with van der Waals surface area (Å²) in [6, 6.07) is 11.5. The molecule has 0 aliphatic carbocycles. The maximum absolute atomic E-state index is 12.6. The van der Waals surface area contributed by atoms with Crippen molar-refractivity contribution in [1.82, 2.24) is 10.2 Å². The van der Waals surface area contributed by atoms with Crippen molar-refractivity contribution in [1.29, 1.82) is 0 Å². The van der Waals surface area contributed by atoms with E-state index in [1.807, 2.05) is 55.6 Å². The van der Waals surface area contributed by atoms with Crippen LogP contribution in [0.2, 0.25) is 0 Å². The van der Waals surface area contributed by atoms with E-state index in [2.05, 4.69) is 15.5 Å². The van der Waals surface area contributed by atoms with Crippen LogP contribution in [0.3, 0.4) is 0 Å². The quantitative estimate of drug-likeness (QED) is 0.848. The second-order valence-corrected chi connectivity index (χ2v) is 7.69. The van der Waals surface area contributed by atoms with E-state index < -0.39 is 0 Å². The van der Waals surface area contributed by atoms with Crippen LogP contribution in [-0.4, -0.2) is 41.9 Å². The molecule has 1 aliphatic rings. The van der Waals surface area contributed by atoms with Crippen molar-refractivity contribution < 1.29 is 9.59 Å². The van der Waals surface area contributed by atoms with Crippen LogP contribution in [0.15, 0.2) is 41.8 Å². The Morgan fingerprint density at radius 1 is 1.15 bits per heavy atom. The molecule has 26 heavy (non-hydrogen) atoms. The second-order valence-electron chi connectivity index (χ2n) is 6.74. The standard InChI is InChI=1S/C20H25N3O2S/c1-14-6-3-4-7-17(14)22-19(24)15(2)23-11-9-16(10-12-23)21-20(25)18-8-5-13-26-18/h3-8,13,15-16H,9-12H2,1-2H3,(H,21,25)(H,22,24)/t15-/m1/s1. The minimum Gasteiger partial charge on any atom is -0.349 e. The molecule has 1 atom stereocenters. The van der Waals surface area contributed by atoms with Crippen LogP contribution in [-0.2, 0) is 4.79 Å². The van der Waals surface area contributed by atoms with Gasteiger partial charge < -0.3 is 10.6 Å². The van der Waals surface area contributed by atoms with E-state index in [1.165, 1.54) is 11.3 Å². The summed E-state index contributed by atoms with van der Waals surface area (Å²) in [5.74, 6) is 0.0177. The highest BCUT2D eigenvalue weighted by molar-refractivity contribution is 7.12. The van der Waals surface area contributed by atoms with Gasteiger partial charge in [0.2, 0.25) is 5.91 Å². The van der Waals surface area contributed by atoms with Gasteiger partial charge in [0.25, 0.3) is 5.91 Å². The van der Waals surface area contributed by atoms with Gasteiger partial charge in [-0.2, -0.15) is 0 Å². The molecule has 138 valence electrons. The van der Waals surface area contributed by atoms with E-state index in [0.717, 1.165) is 42.1 Å². The minimum absolute atomic E-state index is 0.00351. The summed E-state index contributed by atoms with van der Waals surface area (Å²) in [5.41, 5.74) is 1.92. The summed E-state index contributed by atoms with van der Waals surface area (Å²) >= 11 is 1.46. The molecule has 1 aliphatic heterocycles. The highest BCUT2D eigenvalue weighted by atomic mass is 32.1. The summed E-state index contributed by atoms with van der Waals surface area (Å²) in [4.78, 5) is 27.6. The Morgan fingerprint density at radius 2 is 1.88 bits per heavy atom. The Balaban J connectivity index is 1.48. The molecule has 3 rings (SSSR count). The lowest BCUT2D eigenvalue weighted by molar-refractivity contribution is -0.121. The number of amides is 2. The zero-order valence-corrected chi connectivity index (χ0v) is 16.0. The summed E-state index contributed by atoms with van der Waals surface area (Å²) < 4.78 is 0. The number of nitrogens with zero attached hydrogens (tertiary/aromatic N) is 1. The highest BCUT2D eigenvalue weighted by Crippen LogP contribution is 2.18. The van der Waals surface area contributed by atoms with E-state index in [9.17, 15) is 9.59 Å². The van der Waals surface area contributed by atoms with Gasteiger partial charge in [0.05, 0.1) is 10.9 Å². The third-order valence-electron chi connectivity index (χ3n) is 4.94. The monoisotopic (exact) mass is 371 g/mol. The Hall–Kier alpha value is -2.18. The van der Waals surface area contributed by atoms with Crippen molar-refractivity contribution >= 4 is 28.8 Å². The van der Waals surface area contributed by atoms with Gasteiger partial charge in [0.15, 0.2) is 0 Å². The Kier molecular flexibility index (Phi) is 6.06. The van der Waals surface area contributed by atoms with E-state index in [4.69, 9.17) is 0 Å². The lowest BCUT2D eigenvalue weighted by atomic mass is 10.0.